The summed E-state index contributed by atoms with van der Waals surface area (Å²) in [6.45, 7) is 3.55. The van der Waals surface area contributed by atoms with Crippen LogP contribution in [-0.2, 0) is 4.79 Å². The van der Waals surface area contributed by atoms with E-state index in [2.05, 4.69) is 0 Å². The predicted molar refractivity (Wildman–Crippen MR) is 22.3 cm³/mol. The molecule has 1 amide bonds. The molecule has 0 N–H and O–H groups in total. The van der Waals surface area contributed by atoms with Gasteiger partial charge in [0.25, 0.3) is 0 Å². The second-order valence-corrected chi connectivity index (χ2v) is 1.51. The smallest absolute Gasteiger partial charge is 0.219 e. The Kier molecular flexibility index (Phi) is 0.587. The summed E-state index contributed by atoms with van der Waals surface area (Å²) in [6, 6.07) is 0. The minimum atomic E-state index is 0.204. The summed E-state index contributed by atoms with van der Waals surface area (Å²) in [4.78, 5) is 11.9. The van der Waals surface area contributed by atoms with Crippen molar-refractivity contribution in [3.8, 4) is 0 Å². The van der Waals surface area contributed by atoms with Gasteiger partial charge >= 0.3 is 0 Å². The van der Waals surface area contributed by atoms with Crippen LogP contribution >= 0.6 is 0 Å². The summed E-state index contributed by atoms with van der Waals surface area (Å²) in [5.74, 6) is 0.204. The van der Waals surface area contributed by atoms with Gasteiger partial charge in [-0.3, -0.25) is 4.79 Å². The summed E-state index contributed by atoms with van der Waals surface area (Å²) >= 11 is 0. The summed E-state index contributed by atoms with van der Waals surface area (Å²) < 4.78 is 0. The molecule has 0 aromatic carbocycles. The first kappa shape index (κ1) is 3.65. The zero-order valence-corrected chi connectivity index (χ0v) is 3.77. The Morgan fingerprint density at radius 1 is 1.67 bits per heavy atom. The van der Waals surface area contributed by atoms with Crippen molar-refractivity contribution in [1.29, 1.82) is 0 Å². The van der Waals surface area contributed by atoms with Crippen LogP contribution in [0.4, 0.5) is 0 Å². The van der Waals surface area contributed by atoms with E-state index < -0.39 is 0 Å². The van der Waals surface area contributed by atoms with E-state index >= 15 is 0 Å². The Morgan fingerprint density at radius 3 is 2.17 bits per heavy atom. The van der Waals surface area contributed by atoms with E-state index in [4.69, 9.17) is 0 Å². The lowest BCUT2D eigenvalue weighted by molar-refractivity contribution is -0.123. The van der Waals surface area contributed by atoms with Gasteiger partial charge < -0.3 is 4.90 Å². The van der Waals surface area contributed by atoms with Crippen LogP contribution in [0.3, 0.4) is 0 Å². The van der Waals surface area contributed by atoms with Crippen molar-refractivity contribution in [2.75, 3.05) is 13.1 Å². The second kappa shape index (κ2) is 0.965. The van der Waals surface area contributed by atoms with Crippen LogP contribution in [0.5, 0.6) is 0 Å². The highest BCUT2D eigenvalue weighted by atomic mass is 16.2. The topological polar surface area (TPSA) is 20.1 Å². The van der Waals surface area contributed by atoms with Gasteiger partial charge in [0.2, 0.25) is 5.91 Å². The fourth-order valence-electron chi connectivity index (χ4n) is 0.365. The molecule has 0 atom stereocenters. The van der Waals surface area contributed by atoms with E-state index in [0.29, 0.717) is 0 Å². The molecule has 0 saturated carbocycles. The number of rotatable bonds is 0. The lowest BCUT2D eigenvalue weighted by Crippen LogP contribution is -2.02. The van der Waals surface area contributed by atoms with E-state index in [9.17, 15) is 4.79 Å². The van der Waals surface area contributed by atoms with Crippen LogP contribution in [0, 0.1) is 0 Å². The molecule has 1 rings (SSSR count). The third-order valence-electron chi connectivity index (χ3n) is 0.893. The van der Waals surface area contributed by atoms with Gasteiger partial charge in [-0.15, -0.1) is 0 Å². The van der Waals surface area contributed by atoms with Crippen LogP contribution in [0.15, 0.2) is 0 Å². The van der Waals surface area contributed by atoms with Crippen LogP contribution in [0.1, 0.15) is 6.92 Å². The quantitative estimate of drug-likeness (QED) is 0.374. The molecule has 1 fully saturated rings. The normalized spacial score (nSPS) is 17.8. The van der Waals surface area contributed by atoms with Crippen molar-refractivity contribution >= 4 is 5.91 Å². The highest BCUT2D eigenvalue weighted by Gasteiger charge is 2.18. The summed E-state index contributed by atoms with van der Waals surface area (Å²) in [5, 5.41) is 0. The van der Waals surface area contributed by atoms with Crippen molar-refractivity contribution in [2.45, 2.75) is 6.92 Å². The molecule has 0 aromatic rings. The Bertz CT molecular complexity index is 75.6. The SMILES string of the molecule is CC(=O)N1CC1. The Hall–Kier alpha value is -0.530. The molecule has 34 valence electrons. The van der Waals surface area contributed by atoms with Gasteiger partial charge in [-0.25, -0.2) is 0 Å². The number of amides is 1. The predicted octanol–water partition coefficient (Wildman–Crippen LogP) is -0.151. The molecule has 0 unspecified atom stereocenters. The van der Waals surface area contributed by atoms with Crippen molar-refractivity contribution in [3.05, 3.63) is 0 Å². The first-order valence-corrected chi connectivity index (χ1v) is 2.06. The molecule has 0 aromatic heterocycles. The molecular formula is C4H7NO. The van der Waals surface area contributed by atoms with Crippen LogP contribution < -0.4 is 0 Å². The molecule has 1 aliphatic heterocycles. The molecule has 0 aliphatic carbocycles. The monoisotopic (exact) mass is 85.1 g/mol. The molecule has 6 heavy (non-hydrogen) atoms. The second-order valence-electron chi connectivity index (χ2n) is 1.51. The maximum absolute atomic E-state index is 10.1. The van der Waals surface area contributed by atoms with Gasteiger partial charge in [0.05, 0.1) is 0 Å². The van der Waals surface area contributed by atoms with Crippen molar-refractivity contribution < 1.29 is 4.79 Å². The van der Waals surface area contributed by atoms with Crippen molar-refractivity contribution in [3.63, 3.8) is 0 Å². The van der Waals surface area contributed by atoms with Gasteiger partial charge in [-0.2, -0.15) is 0 Å². The molecule has 1 heterocycles. The number of hydrogen-bond acceptors (Lipinski definition) is 1. The zero-order valence-electron chi connectivity index (χ0n) is 3.77. The molecule has 2 nitrogen and oxygen atoms in total. The minimum Gasteiger partial charge on any atom is -0.339 e. The van der Waals surface area contributed by atoms with E-state index in [-0.39, 0.29) is 5.91 Å². The molecule has 2 heteroatoms. The average molecular weight is 85.1 g/mol. The molecule has 0 radical (unpaired) electrons. The van der Waals surface area contributed by atoms with Crippen molar-refractivity contribution in [2.24, 2.45) is 0 Å². The average Bonchev–Trinajstić information content (AvgIpc) is 2.06. The fourth-order valence-corrected chi connectivity index (χ4v) is 0.365. The highest BCUT2D eigenvalue weighted by molar-refractivity contribution is 5.75. The van der Waals surface area contributed by atoms with E-state index in [1.165, 1.54) is 0 Å². The lowest BCUT2D eigenvalue weighted by Gasteiger charge is -1.85. The molecule has 0 bridgehead atoms. The largest absolute Gasteiger partial charge is 0.339 e. The molecule has 0 spiro atoms. The Labute approximate surface area is 36.7 Å². The van der Waals surface area contributed by atoms with E-state index in [0.717, 1.165) is 13.1 Å². The van der Waals surface area contributed by atoms with Gasteiger partial charge in [0.1, 0.15) is 0 Å². The zero-order chi connectivity index (χ0) is 4.57. The standard InChI is InChI=1S/C4H7NO/c1-4(6)5-2-3-5/h2-3H2,1H3. The maximum Gasteiger partial charge on any atom is 0.219 e. The van der Waals surface area contributed by atoms with Gasteiger partial charge in [-0.05, 0) is 0 Å². The summed E-state index contributed by atoms with van der Waals surface area (Å²) in [5.41, 5.74) is 0. The first-order chi connectivity index (χ1) is 2.80. The van der Waals surface area contributed by atoms with E-state index in [1.807, 2.05) is 0 Å². The minimum absolute atomic E-state index is 0.204. The van der Waals surface area contributed by atoms with Gasteiger partial charge in [-0.1, -0.05) is 0 Å². The maximum atomic E-state index is 10.1. The molecule has 1 saturated heterocycles. The summed E-state index contributed by atoms with van der Waals surface area (Å²) in [6.07, 6.45) is 0. The molecule has 1 aliphatic rings. The van der Waals surface area contributed by atoms with Crippen molar-refractivity contribution in [1.82, 2.24) is 4.90 Å². The fraction of sp³-hybridized carbons (Fsp3) is 0.750. The number of hydrogen-bond donors (Lipinski definition) is 0. The van der Waals surface area contributed by atoms with Crippen LogP contribution in [-0.4, -0.2) is 23.9 Å². The number of carbonyl (C=O) groups is 1. The van der Waals surface area contributed by atoms with Gasteiger partial charge in [0, 0.05) is 20.0 Å². The molecular weight excluding hydrogens is 78.0 g/mol. The van der Waals surface area contributed by atoms with Gasteiger partial charge in [0.15, 0.2) is 0 Å². The lowest BCUT2D eigenvalue weighted by atomic mass is 10.7. The van der Waals surface area contributed by atoms with Crippen LogP contribution in [0.25, 0.3) is 0 Å². The first-order valence-electron chi connectivity index (χ1n) is 2.06. The van der Waals surface area contributed by atoms with E-state index in [1.54, 1.807) is 11.8 Å². The number of carbonyl (C=O) groups excluding carboxylic acids is 1. The summed E-state index contributed by atoms with van der Waals surface area (Å²) in [7, 11) is 0. The van der Waals surface area contributed by atoms with Crippen LogP contribution in [0.2, 0.25) is 0 Å². The third-order valence-corrected chi connectivity index (χ3v) is 0.893. The Morgan fingerprint density at radius 2 is 2.17 bits per heavy atom. The third kappa shape index (κ3) is 0.506. The number of nitrogens with zero attached hydrogens (tertiary/aromatic N) is 1. The highest BCUT2D eigenvalue weighted by Crippen LogP contribution is 2.00. The Balaban J connectivity index is 2.31.